The lowest BCUT2D eigenvalue weighted by atomic mass is 9.84. The maximum Gasteiger partial charge on any atom is 0.291 e. The van der Waals surface area contributed by atoms with Crippen LogP contribution < -0.4 is 0 Å². The quantitative estimate of drug-likeness (QED) is 0.475. The number of ketones is 1. The minimum absolute atomic E-state index is 0.00201. The van der Waals surface area contributed by atoms with Crippen LogP contribution in [0.5, 0.6) is 0 Å². The summed E-state index contributed by atoms with van der Waals surface area (Å²) >= 11 is 1.29. The molecule has 170 valence electrons. The Balaban J connectivity index is 1.64. The van der Waals surface area contributed by atoms with Crippen LogP contribution in [0.2, 0.25) is 0 Å². The van der Waals surface area contributed by atoms with Gasteiger partial charge in [-0.1, -0.05) is 93.2 Å². The predicted octanol–water partition coefficient (Wildman–Crippen LogP) is 5.46. The number of carbonyl (C=O) groups excluding carboxylic acids is 3. The zero-order valence-electron chi connectivity index (χ0n) is 19.3. The monoisotopic (exact) mass is 451 g/mol. The third-order valence-corrected chi connectivity index (χ3v) is 7.53. The first-order valence-corrected chi connectivity index (χ1v) is 12.5. The van der Waals surface area contributed by atoms with Gasteiger partial charge in [0.2, 0.25) is 10.9 Å². The van der Waals surface area contributed by atoms with Gasteiger partial charge in [0.1, 0.15) is 6.04 Å². The van der Waals surface area contributed by atoms with Crippen molar-refractivity contribution in [1.29, 1.82) is 0 Å². The van der Waals surface area contributed by atoms with E-state index in [4.69, 9.17) is 0 Å². The molecule has 0 radical (unpaired) electrons. The molecule has 1 fully saturated rings. The topological polar surface area (TPSA) is 54.5 Å². The molecule has 0 saturated carbocycles. The highest BCUT2D eigenvalue weighted by Gasteiger charge is 2.41. The average Bonchev–Trinajstić information content (AvgIpc) is 3.32. The van der Waals surface area contributed by atoms with Gasteiger partial charge in [-0.15, -0.1) is 0 Å². The minimum atomic E-state index is -0.695. The Bertz CT molecular complexity index is 887. The van der Waals surface area contributed by atoms with Crippen LogP contribution in [0.4, 0.5) is 0 Å². The Hall–Kier alpha value is -2.40. The molecule has 3 rings (SSSR count). The molecule has 1 saturated heterocycles. The van der Waals surface area contributed by atoms with E-state index in [0.717, 1.165) is 12.8 Å². The Morgan fingerprint density at radius 1 is 1.00 bits per heavy atom. The Labute approximate surface area is 195 Å². The Morgan fingerprint density at radius 2 is 1.56 bits per heavy atom. The van der Waals surface area contributed by atoms with Crippen LogP contribution in [-0.4, -0.2) is 40.0 Å². The number of nitrogens with zero attached hydrogens (tertiary/aromatic N) is 1. The third kappa shape index (κ3) is 5.69. The number of Topliss-reactive ketones (excluding diaryl/α,β-unsaturated/α-hetero) is 1. The van der Waals surface area contributed by atoms with Crippen molar-refractivity contribution in [3.63, 3.8) is 0 Å². The lowest BCUT2D eigenvalue weighted by molar-refractivity contribution is -0.150. The summed E-state index contributed by atoms with van der Waals surface area (Å²) in [5.74, 6) is -0.0103. The van der Waals surface area contributed by atoms with Crippen LogP contribution in [0, 0.1) is 5.41 Å². The van der Waals surface area contributed by atoms with E-state index in [2.05, 4.69) is 24.3 Å². The van der Waals surface area contributed by atoms with Crippen LogP contribution in [-0.2, 0) is 14.4 Å². The fourth-order valence-electron chi connectivity index (χ4n) is 4.11. The largest absolute Gasteiger partial charge is 0.325 e. The van der Waals surface area contributed by atoms with Gasteiger partial charge < -0.3 is 4.90 Å². The molecule has 1 atom stereocenters. The van der Waals surface area contributed by atoms with Crippen molar-refractivity contribution in [2.24, 2.45) is 5.41 Å². The molecule has 0 spiro atoms. The number of rotatable bonds is 9. The van der Waals surface area contributed by atoms with Crippen molar-refractivity contribution in [2.75, 3.05) is 12.3 Å². The van der Waals surface area contributed by atoms with Gasteiger partial charge in [-0.2, -0.15) is 0 Å². The van der Waals surface area contributed by atoms with Gasteiger partial charge in [0.15, 0.2) is 0 Å². The minimum Gasteiger partial charge on any atom is -0.325 e. The molecule has 0 aliphatic carbocycles. The molecule has 0 aromatic heterocycles. The number of benzene rings is 2. The van der Waals surface area contributed by atoms with Gasteiger partial charge in [0.25, 0.3) is 5.91 Å². The number of likely N-dealkylation sites (tertiary alicyclic amines) is 1. The molecule has 4 nitrogen and oxygen atoms in total. The van der Waals surface area contributed by atoms with Gasteiger partial charge in [-0.3, -0.25) is 14.4 Å². The smallest absolute Gasteiger partial charge is 0.291 e. The first-order chi connectivity index (χ1) is 15.3. The van der Waals surface area contributed by atoms with Crippen molar-refractivity contribution in [3.8, 4) is 0 Å². The van der Waals surface area contributed by atoms with E-state index in [9.17, 15) is 14.4 Å². The number of hydrogen-bond donors (Lipinski definition) is 0. The number of amides is 1. The Morgan fingerprint density at radius 3 is 2.09 bits per heavy atom. The second kappa shape index (κ2) is 11.0. The Kier molecular flexibility index (Phi) is 8.30. The van der Waals surface area contributed by atoms with Crippen molar-refractivity contribution in [1.82, 2.24) is 4.90 Å². The first kappa shape index (κ1) is 24.2. The van der Waals surface area contributed by atoms with Crippen LogP contribution in [0.25, 0.3) is 0 Å². The maximum absolute atomic E-state index is 13.0. The molecule has 2 aromatic carbocycles. The van der Waals surface area contributed by atoms with E-state index >= 15 is 0 Å². The zero-order chi connectivity index (χ0) is 23.1. The summed E-state index contributed by atoms with van der Waals surface area (Å²) in [5, 5.41) is -0.00201. The van der Waals surface area contributed by atoms with Crippen LogP contribution in [0.15, 0.2) is 60.7 Å². The second-order valence-electron chi connectivity index (χ2n) is 9.05. The molecule has 1 aliphatic heterocycles. The van der Waals surface area contributed by atoms with E-state index in [1.807, 2.05) is 43.3 Å². The molecule has 1 unspecified atom stereocenters. The van der Waals surface area contributed by atoms with Crippen molar-refractivity contribution in [2.45, 2.75) is 58.4 Å². The summed E-state index contributed by atoms with van der Waals surface area (Å²) in [6, 6.07) is 20.2. The molecular weight excluding hydrogens is 418 g/mol. The van der Waals surface area contributed by atoms with Gasteiger partial charge in [0, 0.05) is 23.6 Å². The highest BCUT2D eigenvalue weighted by molar-refractivity contribution is 8.13. The lowest BCUT2D eigenvalue weighted by Crippen LogP contribution is -2.47. The molecule has 1 heterocycles. The number of hydrogen-bond acceptors (Lipinski definition) is 4. The second-order valence-corrected chi connectivity index (χ2v) is 10.2. The highest BCUT2D eigenvalue weighted by Crippen LogP contribution is 2.31. The van der Waals surface area contributed by atoms with E-state index in [-0.39, 0.29) is 11.0 Å². The summed E-state index contributed by atoms with van der Waals surface area (Å²) in [6.07, 6.45) is 2.82. The summed E-state index contributed by atoms with van der Waals surface area (Å²) in [4.78, 5) is 40.0. The molecule has 1 aliphatic rings. The molecule has 0 N–H and O–H groups in total. The molecule has 32 heavy (non-hydrogen) atoms. The van der Waals surface area contributed by atoms with Crippen molar-refractivity contribution < 1.29 is 14.4 Å². The standard InChI is InChI=1S/C27H33NO3S/c1-4-27(2,3)24(29)25(30)28-18-11-16-23(28)26(31)32-19-17-22(20-12-7-5-8-13-20)21-14-9-6-10-15-21/h5-10,12-15,22-23H,4,11,16-19H2,1-3H3. The molecular formula is C27H33NO3S. The van der Waals surface area contributed by atoms with Crippen LogP contribution in [0.1, 0.15) is 63.5 Å². The van der Waals surface area contributed by atoms with Gasteiger partial charge in [-0.05, 0) is 36.8 Å². The van der Waals surface area contributed by atoms with Crippen LogP contribution >= 0.6 is 11.8 Å². The average molecular weight is 452 g/mol. The first-order valence-electron chi connectivity index (χ1n) is 11.5. The van der Waals surface area contributed by atoms with E-state index in [1.54, 1.807) is 13.8 Å². The fraction of sp³-hybridized carbons (Fsp3) is 0.444. The molecule has 5 heteroatoms. The predicted molar refractivity (Wildman–Crippen MR) is 131 cm³/mol. The number of carbonyl (C=O) groups is 3. The van der Waals surface area contributed by atoms with Gasteiger partial charge >= 0.3 is 0 Å². The van der Waals surface area contributed by atoms with Crippen molar-refractivity contribution >= 4 is 28.6 Å². The normalized spacial score (nSPS) is 16.4. The fourth-order valence-corrected chi connectivity index (χ4v) is 5.10. The summed E-state index contributed by atoms with van der Waals surface area (Å²) in [7, 11) is 0. The van der Waals surface area contributed by atoms with Gasteiger partial charge in [0.05, 0.1) is 0 Å². The third-order valence-electron chi connectivity index (χ3n) is 6.53. The maximum atomic E-state index is 13.0. The van der Waals surface area contributed by atoms with E-state index in [0.29, 0.717) is 25.1 Å². The van der Waals surface area contributed by atoms with Crippen LogP contribution in [0.3, 0.4) is 0 Å². The van der Waals surface area contributed by atoms with Crippen molar-refractivity contribution in [3.05, 3.63) is 71.8 Å². The summed E-state index contributed by atoms with van der Waals surface area (Å²) in [5.41, 5.74) is 1.77. The molecule has 2 aromatic rings. The summed E-state index contributed by atoms with van der Waals surface area (Å²) in [6.45, 7) is 5.98. The SMILES string of the molecule is CCC(C)(C)C(=O)C(=O)N1CCCC1C(=O)SCCC(c1ccccc1)c1ccccc1. The lowest BCUT2D eigenvalue weighted by Gasteiger charge is -2.27. The molecule has 1 amide bonds. The summed E-state index contributed by atoms with van der Waals surface area (Å²) < 4.78 is 0. The molecule has 0 bridgehead atoms. The number of thioether (sulfide) groups is 1. The van der Waals surface area contributed by atoms with Gasteiger partial charge in [-0.25, -0.2) is 0 Å². The zero-order valence-corrected chi connectivity index (χ0v) is 20.1. The van der Waals surface area contributed by atoms with E-state index in [1.165, 1.54) is 27.8 Å². The van der Waals surface area contributed by atoms with E-state index < -0.39 is 23.1 Å². The highest BCUT2D eigenvalue weighted by atomic mass is 32.2.